The number of morpholine rings is 1. The Hall–Kier alpha value is -2.62. The van der Waals surface area contributed by atoms with E-state index in [0.717, 1.165) is 0 Å². The van der Waals surface area contributed by atoms with E-state index >= 15 is 0 Å². The van der Waals surface area contributed by atoms with Crippen LogP contribution in [0.25, 0.3) is 0 Å². The molecule has 1 aliphatic heterocycles. The SMILES string of the molecule is COC(=O)c1ccc(OCCOc2ccc(S(=O)(=O)N3CCOCC3)cc2)cc1. The molecule has 156 valence electrons. The van der Waals surface area contributed by atoms with Gasteiger partial charge in [0.1, 0.15) is 24.7 Å². The molecule has 0 saturated carbocycles. The van der Waals surface area contributed by atoms with E-state index in [2.05, 4.69) is 4.74 Å². The molecule has 1 heterocycles. The Balaban J connectivity index is 1.47. The van der Waals surface area contributed by atoms with Crippen LogP contribution in [0.4, 0.5) is 0 Å². The molecule has 0 aliphatic carbocycles. The van der Waals surface area contributed by atoms with Crippen molar-refractivity contribution >= 4 is 16.0 Å². The van der Waals surface area contributed by atoms with Gasteiger partial charge in [0.05, 0.1) is 30.8 Å². The van der Waals surface area contributed by atoms with Crippen molar-refractivity contribution in [3.05, 3.63) is 54.1 Å². The lowest BCUT2D eigenvalue weighted by molar-refractivity contribution is 0.0600. The number of sulfonamides is 1. The lowest BCUT2D eigenvalue weighted by Gasteiger charge is -2.26. The number of carbonyl (C=O) groups is 1. The third kappa shape index (κ3) is 5.47. The van der Waals surface area contributed by atoms with Gasteiger partial charge in [0, 0.05) is 13.1 Å². The van der Waals surface area contributed by atoms with Crippen molar-refractivity contribution in [1.29, 1.82) is 0 Å². The molecule has 3 rings (SSSR count). The second-order valence-corrected chi connectivity index (χ2v) is 8.14. The minimum absolute atomic E-state index is 0.230. The maximum Gasteiger partial charge on any atom is 0.337 e. The Morgan fingerprint density at radius 2 is 1.45 bits per heavy atom. The summed E-state index contributed by atoms with van der Waals surface area (Å²) in [5.74, 6) is 0.753. The topological polar surface area (TPSA) is 91.4 Å². The zero-order valence-electron chi connectivity index (χ0n) is 16.1. The molecule has 0 aromatic heterocycles. The summed E-state index contributed by atoms with van der Waals surface area (Å²) in [7, 11) is -2.18. The van der Waals surface area contributed by atoms with Crippen LogP contribution in [0, 0.1) is 0 Å². The van der Waals surface area contributed by atoms with Crippen LogP contribution in [-0.4, -0.2) is 65.3 Å². The number of nitrogens with zero attached hydrogens (tertiary/aromatic N) is 1. The average Bonchev–Trinajstić information content (AvgIpc) is 2.77. The number of hydrogen-bond acceptors (Lipinski definition) is 7. The van der Waals surface area contributed by atoms with Gasteiger partial charge >= 0.3 is 5.97 Å². The van der Waals surface area contributed by atoms with Crippen molar-refractivity contribution in [3.8, 4) is 11.5 Å². The summed E-state index contributed by atoms with van der Waals surface area (Å²) in [6.45, 7) is 2.12. The molecule has 0 bridgehead atoms. The molecule has 0 atom stereocenters. The van der Waals surface area contributed by atoms with Gasteiger partial charge in [0.15, 0.2) is 0 Å². The lowest BCUT2D eigenvalue weighted by Crippen LogP contribution is -2.40. The monoisotopic (exact) mass is 421 g/mol. The zero-order chi connectivity index (χ0) is 20.7. The molecular weight excluding hydrogens is 398 g/mol. The maximum atomic E-state index is 12.6. The highest BCUT2D eigenvalue weighted by atomic mass is 32.2. The fourth-order valence-corrected chi connectivity index (χ4v) is 4.18. The van der Waals surface area contributed by atoms with E-state index in [9.17, 15) is 13.2 Å². The first-order chi connectivity index (χ1) is 14.0. The fraction of sp³-hybridized carbons (Fsp3) is 0.350. The minimum Gasteiger partial charge on any atom is -0.490 e. The van der Waals surface area contributed by atoms with Gasteiger partial charge in [-0.3, -0.25) is 0 Å². The molecule has 0 amide bonds. The Morgan fingerprint density at radius 1 is 0.931 bits per heavy atom. The molecule has 0 radical (unpaired) electrons. The minimum atomic E-state index is -3.51. The van der Waals surface area contributed by atoms with E-state index in [1.807, 2.05) is 0 Å². The molecule has 8 nitrogen and oxygen atoms in total. The number of methoxy groups -OCH3 is 1. The second kappa shape index (κ2) is 9.73. The number of rotatable bonds is 8. The van der Waals surface area contributed by atoms with Crippen LogP contribution in [0.15, 0.2) is 53.4 Å². The van der Waals surface area contributed by atoms with E-state index in [-0.39, 0.29) is 11.5 Å². The number of esters is 1. The molecule has 1 aliphatic rings. The van der Waals surface area contributed by atoms with E-state index in [4.69, 9.17) is 14.2 Å². The average molecular weight is 421 g/mol. The normalized spacial score (nSPS) is 14.9. The van der Waals surface area contributed by atoms with Crippen molar-refractivity contribution in [2.45, 2.75) is 4.90 Å². The summed E-state index contributed by atoms with van der Waals surface area (Å²) in [4.78, 5) is 11.6. The highest BCUT2D eigenvalue weighted by Gasteiger charge is 2.26. The van der Waals surface area contributed by atoms with Crippen LogP contribution >= 0.6 is 0 Å². The van der Waals surface area contributed by atoms with Gasteiger partial charge in [-0.05, 0) is 48.5 Å². The maximum absolute atomic E-state index is 12.6. The first-order valence-electron chi connectivity index (χ1n) is 9.12. The summed E-state index contributed by atoms with van der Waals surface area (Å²) >= 11 is 0. The summed E-state index contributed by atoms with van der Waals surface area (Å²) in [5.41, 5.74) is 0.447. The van der Waals surface area contributed by atoms with Gasteiger partial charge < -0.3 is 18.9 Å². The summed E-state index contributed by atoms with van der Waals surface area (Å²) in [6.07, 6.45) is 0. The van der Waals surface area contributed by atoms with Gasteiger partial charge in [0.25, 0.3) is 0 Å². The first kappa shape index (κ1) is 21.1. The van der Waals surface area contributed by atoms with Crippen LogP contribution in [-0.2, 0) is 19.5 Å². The highest BCUT2D eigenvalue weighted by molar-refractivity contribution is 7.89. The van der Waals surface area contributed by atoms with E-state index < -0.39 is 16.0 Å². The van der Waals surface area contributed by atoms with Crippen LogP contribution in [0.1, 0.15) is 10.4 Å². The van der Waals surface area contributed by atoms with E-state index in [1.54, 1.807) is 36.4 Å². The molecule has 9 heteroatoms. The predicted octanol–water partition coefficient (Wildman–Crippen LogP) is 1.95. The third-order valence-corrected chi connectivity index (χ3v) is 6.24. The van der Waals surface area contributed by atoms with Gasteiger partial charge in [-0.15, -0.1) is 0 Å². The largest absolute Gasteiger partial charge is 0.490 e. The Labute approximate surface area is 170 Å². The molecule has 0 spiro atoms. The van der Waals surface area contributed by atoms with E-state index in [1.165, 1.54) is 23.5 Å². The quantitative estimate of drug-likeness (QED) is 0.475. The number of hydrogen-bond donors (Lipinski definition) is 0. The Morgan fingerprint density at radius 3 is 1.97 bits per heavy atom. The van der Waals surface area contributed by atoms with Crippen LogP contribution < -0.4 is 9.47 Å². The molecule has 2 aromatic rings. The molecule has 29 heavy (non-hydrogen) atoms. The highest BCUT2D eigenvalue weighted by Crippen LogP contribution is 2.20. The molecular formula is C20H23NO7S. The van der Waals surface area contributed by atoms with E-state index in [0.29, 0.717) is 50.0 Å². The summed E-state index contributed by atoms with van der Waals surface area (Å²) in [5, 5.41) is 0. The second-order valence-electron chi connectivity index (χ2n) is 6.20. The summed E-state index contributed by atoms with van der Waals surface area (Å²) in [6, 6.07) is 12.9. The van der Waals surface area contributed by atoms with Gasteiger partial charge in [-0.25, -0.2) is 13.2 Å². The standard InChI is InChI=1S/C20H23NO7S/c1-25-20(22)16-2-4-17(5-3-16)27-14-15-28-18-6-8-19(9-7-18)29(23,24)21-10-12-26-13-11-21/h2-9H,10-15H2,1H3. The fourth-order valence-electron chi connectivity index (χ4n) is 2.77. The van der Waals surface area contributed by atoms with Crippen LogP contribution in [0.5, 0.6) is 11.5 Å². The Bertz CT molecular complexity index is 905. The molecule has 2 aromatic carbocycles. The van der Waals surface area contributed by atoms with Crippen molar-refractivity contribution in [1.82, 2.24) is 4.31 Å². The molecule has 0 unspecified atom stereocenters. The van der Waals surface area contributed by atoms with Crippen LogP contribution in [0.2, 0.25) is 0 Å². The molecule has 1 fully saturated rings. The third-order valence-electron chi connectivity index (χ3n) is 4.33. The van der Waals surface area contributed by atoms with Crippen molar-refractivity contribution in [2.75, 3.05) is 46.6 Å². The molecule has 0 N–H and O–H groups in total. The predicted molar refractivity (Wildman–Crippen MR) is 105 cm³/mol. The molecule has 1 saturated heterocycles. The van der Waals surface area contributed by atoms with Gasteiger partial charge in [0.2, 0.25) is 10.0 Å². The van der Waals surface area contributed by atoms with Crippen molar-refractivity contribution in [2.24, 2.45) is 0 Å². The van der Waals surface area contributed by atoms with Crippen molar-refractivity contribution < 1.29 is 32.2 Å². The Kier molecular flexibility index (Phi) is 7.08. The summed E-state index contributed by atoms with van der Waals surface area (Å²) < 4.78 is 47.6. The number of ether oxygens (including phenoxy) is 4. The van der Waals surface area contributed by atoms with Crippen LogP contribution in [0.3, 0.4) is 0 Å². The number of carbonyl (C=O) groups excluding carboxylic acids is 1. The van der Waals surface area contributed by atoms with Crippen molar-refractivity contribution in [3.63, 3.8) is 0 Å². The van der Waals surface area contributed by atoms with Gasteiger partial charge in [-0.1, -0.05) is 0 Å². The lowest BCUT2D eigenvalue weighted by atomic mass is 10.2. The number of benzene rings is 2. The van der Waals surface area contributed by atoms with Gasteiger partial charge in [-0.2, -0.15) is 4.31 Å². The first-order valence-corrected chi connectivity index (χ1v) is 10.6. The smallest absolute Gasteiger partial charge is 0.337 e. The zero-order valence-corrected chi connectivity index (χ0v) is 16.9.